The number of carbonyl (C=O) groups is 1. The van der Waals surface area contributed by atoms with E-state index in [-0.39, 0.29) is 19.1 Å². The van der Waals surface area contributed by atoms with E-state index in [1.165, 1.54) is 0 Å². The molecule has 0 atom stereocenters. The topological polar surface area (TPSA) is 101 Å². The van der Waals surface area contributed by atoms with Gasteiger partial charge in [0.25, 0.3) is 5.91 Å². The lowest BCUT2D eigenvalue weighted by Crippen LogP contribution is -2.28. The Morgan fingerprint density at radius 3 is 3.00 bits per heavy atom. The minimum Gasteiger partial charge on any atom is -0.482 e. The van der Waals surface area contributed by atoms with Crippen molar-refractivity contribution in [2.24, 2.45) is 0 Å². The Balaban J connectivity index is 1.82. The van der Waals surface area contributed by atoms with Crippen molar-refractivity contribution in [1.29, 1.82) is 5.26 Å². The number of aromatic nitrogens is 2. The van der Waals surface area contributed by atoms with Crippen LogP contribution in [0.15, 0.2) is 28.8 Å². The summed E-state index contributed by atoms with van der Waals surface area (Å²) >= 11 is 0. The number of carbonyl (C=O) groups excluding carboxylic acids is 1. The third-order valence-corrected chi connectivity index (χ3v) is 2.37. The van der Waals surface area contributed by atoms with Gasteiger partial charge in [0.1, 0.15) is 11.8 Å². The zero-order valence-corrected chi connectivity index (χ0v) is 10.8. The van der Waals surface area contributed by atoms with Crippen molar-refractivity contribution >= 4 is 5.91 Å². The molecule has 0 aliphatic heterocycles. The molecule has 0 aliphatic carbocycles. The first-order valence-electron chi connectivity index (χ1n) is 5.87. The Hall–Kier alpha value is -2.88. The summed E-state index contributed by atoms with van der Waals surface area (Å²) in [5, 5.41) is 15.1. The molecule has 1 heterocycles. The average Bonchev–Trinajstić information content (AvgIpc) is 2.89. The summed E-state index contributed by atoms with van der Waals surface area (Å²) in [5.74, 6) is 0.870. The van der Waals surface area contributed by atoms with Gasteiger partial charge in [0.2, 0.25) is 5.89 Å². The molecular weight excluding hydrogens is 260 g/mol. The number of para-hydroxylation sites is 1. The maximum Gasteiger partial charge on any atom is 0.258 e. The van der Waals surface area contributed by atoms with Crippen LogP contribution in [0.3, 0.4) is 0 Å². The number of nitrogens with one attached hydrogen (secondary N) is 1. The minimum absolute atomic E-state index is 0.142. The number of nitriles is 1. The van der Waals surface area contributed by atoms with Crippen molar-refractivity contribution in [1.82, 2.24) is 15.5 Å². The van der Waals surface area contributed by atoms with Crippen LogP contribution in [0, 0.1) is 18.3 Å². The van der Waals surface area contributed by atoms with E-state index in [0.29, 0.717) is 23.0 Å². The van der Waals surface area contributed by atoms with Crippen molar-refractivity contribution in [3.05, 3.63) is 41.5 Å². The fourth-order valence-electron chi connectivity index (χ4n) is 1.47. The van der Waals surface area contributed by atoms with Crippen LogP contribution >= 0.6 is 0 Å². The van der Waals surface area contributed by atoms with Gasteiger partial charge in [0.05, 0.1) is 12.1 Å². The van der Waals surface area contributed by atoms with Gasteiger partial charge in [-0.15, -0.1) is 0 Å². The van der Waals surface area contributed by atoms with E-state index in [1.807, 2.05) is 6.07 Å². The Morgan fingerprint density at radius 1 is 1.50 bits per heavy atom. The second-order valence-corrected chi connectivity index (χ2v) is 3.91. The molecule has 7 heteroatoms. The predicted molar refractivity (Wildman–Crippen MR) is 67.5 cm³/mol. The van der Waals surface area contributed by atoms with Gasteiger partial charge in [-0.25, -0.2) is 0 Å². The normalized spacial score (nSPS) is 9.80. The van der Waals surface area contributed by atoms with Gasteiger partial charge in [0, 0.05) is 0 Å². The smallest absolute Gasteiger partial charge is 0.258 e. The van der Waals surface area contributed by atoms with Crippen LogP contribution < -0.4 is 10.1 Å². The van der Waals surface area contributed by atoms with E-state index < -0.39 is 0 Å². The molecule has 0 saturated heterocycles. The van der Waals surface area contributed by atoms with Crippen LogP contribution in [0.25, 0.3) is 0 Å². The Kier molecular flexibility index (Phi) is 4.29. The summed E-state index contributed by atoms with van der Waals surface area (Å²) < 4.78 is 10.1. The van der Waals surface area contributed by atoms with Crippen LogP contribution in [0.1, 0.15) is 17.3 Å². The third kappa shape index (κ3) is 3.55. The lowest BCUT2D eigenvalue weighted by molar-refractivity contribution is -0.123. The molecule has 0 spiro atoms. The highest BCUT2D eigenvalue weighted by molar-refractivity contribution is 5.77. The number of aryl methyl sites for hydroxylation is 1. The van der Waals surface area contributed by atoms with Crippen LogP contribution in [0.5, 0.6) is 5.75 Å². The Morgan fingerprint density at radius 2 is 2.30 bits per heavy atom. The number of ether oxygens (including phenoxy) is 1. The fourth-order valence-corrected chi connectivity index (χ4v) is 1.47. The van der Waals surface area contributed by atoms with Crippen molar-refractivity contribution in [3.8, 4) is 11.8 Å². The summed E-state index contributed by atoms with van der Waals surface area (Å²) in [6.07, 6.45) is 0. The molecule has 0 aliphatic rings. The monoisotopic (exact) mass is 272 g/mol. The average molecular weight is 272 g/mol. The lowest BCUT2D eigenvalue weighted by atomic mass is 10.2. The van der Waals surface area contributed by atoms with Gasteiger partial charge in [-0.3, -0.25) is 4.79 Å². The van der Waals surface area contributed by atoms with E-state index >= 15 is 0 Å². The Bertz CT molecular complexity index is 645. The molecule has 0 unspecified atom stereocenters. The second kappa shape index (κ2) is 6.33. The molecule has 7 nitrogen and oxygen atoms in total. The largest absolute Gasteiger partial charge is 0.482 e. The molecular formula is C13H12N4O3. The van der Waals surface area contributed by atoms with E-state index in [2.05, 4.69) is 15.5 Å². The minimum atomic E-state index is -0.339. The first-order valence-corrected chi connectivity index (χ1v) is 5.87. The van der Waals surface area contributed by atoms with Crippen LogP contribution in [-0.4, -0.2) is 22.7 Å². The number of hydrogen-bond acceptors (Lipinski definition) is 6. The molecule has 2 aromatic rings. The van der Waals surface area contributed by atoms with Gasteiger partial charge < -0.3 is 14.6 Å². The van der Waals surface area contributed by atoms with E-state index in [9.17, 15) is 4.79 Å². The maximum absolute atomic E-state index is 11.6. The zero-order valence-electron chi connectivity index (χ0n) is 10.8. The summed E-state index contributed by atoms with van der Waals surface area (Å²) in [7, 11) is 0. The highest BCUT2D eigenvalue weighted by Gasteiger charge is 2.08. The van der Waals surface area contributed by atoms with Crippen LogP contribution in [-0.2, 0) is 11.3 Å². The molecule has 1 amide bonds. The molecule has 0 radical (unpaired) electrons. The number of amides is 1. The van der Waals surface area contributed by atoms with E-state index in [0.717, 1.165) is 0 Å². The van der Waals surface area contributed by atoms with E-state index in [1.54, 1.807) is 31.2 Å². The second-order valence-electron chi connectivity index (χ2n) is 3.91. The number of rotatable bonds is 5. The zero-order chi connectivity index (χ0) is 14.4. The third-order valence-electron chi connectivity index (χ3n) is 2.37. The summed E-state index contributed by atoms with van der Waals surface area (Å²) in [5.41, 5.74) is 0.382. The quantitative estimate of drug-likeness (QED) is 0.869. The van der Waals surface area contributed by atoms with Gasteiger partial charge in [0.15, 0.2) is 12.4 Å². The van der Waals surface area contributed by atoms with Crippen molar-refractivity contribution in [2.75, 3.05) is 6.61 Å². The molecule has 0 fully saturated rings. The van der Waals surface area contributed by atoms with Gasteiger partial charge in [-0.1, -0.05) is 17.3 Å². The highest BCUT2D eigenvalue weighted by Crippen LogP contribution is 2.16. The molecule has 1 aromatic carbocycles. The summed E-state index contributed by atoms with van der Waals surface area (Å²) in [6.45, 7) is 1.64. The van der Waals surface area contributed by atoms with Gasteiger partial charge >= 0.3 is 0 Å². The standard InChI is InChI=1S/C13H12N4O3/c1-9-16-13(20-17-9)7-15-12(18)8-19-11-5-3-2-4-10(11)6-14/h2-5H,7-8H2,1H3,(H,15,18). The molecule has 1 aromatic heterocycles. The fraction of sp³-hybridized carbons (Fsp3) is 0.231. The highest BCUT2D eigenvalue weighted by atomic mass is 16.5. The van der Waals surface area contributed by atoms with Crippen molar-refractivity contribution in [3.63, 3.8) is 0 Å². The van der Waals surface area contributed by atoms with Crippen LogP contribution in [0.2, 0.25) is 0 Å². The lowest BCUT2D eigenvalue weighted by Gasteiger charge is -2.07. The summed E-state index contributed by atoms with van der Waals surface area (Å²) in [6, 6.07) is 8.70. The predicted octanol–water partition coefficient (Wildman–Crippen LogP) is 0.945. The molecule has 20 heavy (non-hydrogen) atoms. The van der Waals surface area contributed by atoms with Crippen molar-refractivity contribution in [2.45, 2.75) is 13.5 Å². The SMILES string of the molecule is Cc1noc(CNC(=O)COc2ccccc2C#N)n1. The maximum atomic E-state index is 11.6. The number of hydrogen-bond donors (Lipinski definition) is 1. The van der Waals surface area contributed by atoms with E-state index in [4.69, 9.17) is 14.5 Å². The molecule has 0 saturated carbocycles. The van der Waals surface area contributed by atoms with Gasteiger partial charge in [-0.05, 0) is 19.1 Å². The summed E-state index contributed by atoms with van der Waals surface area (Å²) in [4.78, 5) is 15.5. The number of benzene rings is 1. The molecule has 0 bridgehead atoms. The first kappa shape index (κ1) is 13.5. The Labute approximate surface area is 115 Å². The number of nitrogens with zero attached hydrogens (tertiary/aromatic N) is 3. The molecule has 102 valence electrons. The van der Waals surface area contributed by atoms with Gasteiger partial charge in [-0.2, -0.15) is 10.2 Å². The van der Waals surface area contributed by atoms with Crippen molar-refractivity contribution < 1.29 is 14.1 Å². The van der Waals surface area contributed by atoms with Crippen LogP contribution in [0.4, 0.5) is 0 Å². The first-order chi connectivity index (χ1) is 9.69. The molecule has 2 rings (SSSR count). The molecule has 1 N–H and O–H groups in total.